The van der Waals surface area contributed by atoms with E-state index in [1.165, 1.54) is 21.9 Å². The number of pyridine rings is 1. The van der Waals surface area contributed by atoms with Crippen molar-refractivity contribution in [2.75, 3.05) is 0 Å². The monoisotopic (exact) mass is 459 g/mol. The quantitative estimate of drug-likeness (QED) is 0.244. The number of nitrogens with zero attached hydrogens (tertiary/aromatic N) is 3. The Bertz CT molecular complexity index is 1710. The predicted octanol–water partition coefficient (Wildman–Crippen LogP) is 8.14. The molecule has 6 rings (SSSR count). The zero-order valence-electron chi connectivity index (χ0n) is 20.7. The average molecular weight is 460 g/mol. The van der Waals surface area contributed by atoms with Gasteiger partial charge in [0.15, 0.2) is 0 Å². The van der Waals surface area contributed by atoms with Crippen LogP contribution < -0.4 is 0 Å². The van der Waals surface area contributed by atoms with Crippen LogP contribution in [0.4, 0.5) is 0 Å². The number of hydrogen-bond donors (Lipinski definition) is 0. The first-order chi connectivity index (χ1) is 17.0. The lowest BCUT2D eigenvalue weighted by Crippen LogP contribution is -2.01. The van der Waals surface area contributed by atoms with Crippen LogP contribution in [0.15, 0.2) is 71.5 Å². The molecule has 4 heteroatoms. The third-order valence-corrected chi connectivity index (χ3v) is 6.66. The van der Waals surface area contributed by atoms with Crippen molar-refractivity contribution in [2.24, 2.45) is 11.8 Å². The SMILES string of the molecule is CC(C)Cc1cc(CC(C)C)c2c(ccc3c(-c4cccc5c4oc4ncccc45)ncnc32)c1. The zero-order chi connectivity index (χ0) is 24.1. The van der Waals surface area contributed by atoms with Crippen molar-refractivity contribution in [3.05, 3.63) is 78.2 Å². The minimum absolute atomic E-state index is 0.556. The second kappa shape index (κ2) is 8.46. The smallest absolute Gasteiger partial charge is 0.227 e. The first-order valence-electron chi connectivity index (χ1n) is 12.5. The molecule has 0 fully saturated rings. The highest BCUT2D eigenvalue weighted by atomic mass is 16.3. The summed E-state index contributed by atoms with van der Waals surface area (Å²) in [5.74, 6) is 1.17. The lowest BCUT2D eigenvalue weighted by atomic mass is 9.90. The summed E-state index contributed by atoms with van der Waals surface area (Å²) in [5.41, 5.74) is 7.10. The average Bonchev–Trinajstić information content (AvgIpc) is 3.21. The van der Waals surface area contributed by atoms with Gasteiger partial charge in [0, 0.05) is 33.3 Å². The Morgan fingerprint density at radius 2 is 1.60 bits per heavy atom. The van der Waals surface area contributed by atoms with E-state index in [0.717, 1.165) is 51.4 Å². The van der Waals surface area contributed by atoms with Gasteiger partial charge in [0.05, 0.1) is 11.2 Å². The minimum Gasteiger partial charge on any atom is -0.437 e. The van der Waals surface area contributed by atoms with Gasteiger partial charge in [0.25, 0.3) is 0 Å². The molecule has 3 heterocycles. The molecule has 3 aromatic heterocycles. The second-order valence-corrected chi connectivity index (χ2v) is 10.4. The zero-order valence-corrected chi connectivity index (χ0v) is 20.7. The molecule has 0 N–H and O–H groups in total. The number of para-hydroxylation sites is 1. The van der Waals surface area contributed by atoms with E-state index in [1.807, 2.05) is 6.07 Å². The van der Waals surface area contributed by atoms with Gasteiger partial charge in [0.2, 0.25) is 5.71 Å². The van der Waals surface area contributed by atoms with Crippen LogP contribution in [0.25, 0.3) is 55.0 Å². The topological polar surface area (TPSA) is 51.8 Å². The van der Waals surface area contributed by atoms with Gasteiger partial charge < -0.3 is 4.42 Å². The highest BCUT2D eigenvalue weighted by molar-refractivity contribution is 6.14. The summed E-state index contributed by atoms with van der Waals surface area (Å²) in [5, 5.41) is 5.61. The van der Waals surface area contributed by atoms with Crippen molar-refractivity contribution in [2.45, 2.75) is 40.5 Å². The van der Waals surface area contributed by atoms with E-state index in [-0.39, 0.29) is 0 Å². The lowest BCUT2D eigenvalue weighted by Gasteiger charge is -2.16. The Morgan fingerprint density at radius 3 is 2.43 bits per heavy atom. The number of hydrogen-bond acceptors (Lipinski definition) is 4. The molecule has 0 atom stereocenters. The largest absolute Gasteiger partial charge is 0.437 e. The fraction of sp³-hybridized carbons (Fsp3) is 0.258. The molecule has 0 aliphatic rings. The Balaban J connectivity index is 1.64. The first-order valence-corrected chi connectivity index (χ1v) is 12.5. The Morgan fingerprint density at radius 1 is 0.771 bits per heavy atom. The first kappa shape index (κ1) is 21.7. The summed E-state index contributed by atoms with van der Waals surface area (Å²) in [4.78, 5) is 14.0. The molecule has 0 radical (unpaired) electrons. The molecule has 3 aromatic carbocycles. The number of rotatable bonds is 5. The fourth-order valence-electron chi connectivity index (χ4n) is 5.36. The van der Waals surface area contributed by atoms with Crippen molar-refractivity contribution < 1.29 is 4.42 Å². The molecular weight excluding hydrogens is 430 g/mol. The molecule has 0 spiro atoms. The van der Waals surface area contributed by atoms with Crippen molar-refractivity contribution in [3.63, 3.8) is 0 Å². The van der Waals surface area contributed by atoms with Gasteiger partial charge in [-0.3, -0.25) is 0 Å². The number of fused-ring (bicyclic) bond motifs is 6. The third-order valence-electron chi connectivity index (χ3n) is 6.66. The van der Waals surface area contributed by atoms with E-state index >= 15 is 0 Å². The summed E-state index contributed by atoms with van der Waals surface area (Å²) in [7, 11) is 0. The molecular formula is C31H29N3O. The van der Waals surface area contributed by atoms with E-state index in [2.05, 4.69) is 81.2 Å². The summed E-state index contributed by atoms with van der Waals surface area (Å²) in [6.07, 6.45) is 5.56. The van der Waals surface area contributed by atoms with Gasteiger partial charge in [-0.05, 0) is 65.5 Å². The molecule has 174 valence electrons. The van der Waals surface area contributed by atoms with Crippen molar-refractivity contribution >= 4 is 43.7 Å². The molecule has 4 nitrogen and oxygen atoms in total. The number of benzene rings is 3. The number of aromatic nitrogens is 3. The van der Waals surface area contributed by atoms with Crippen LogP contribution in [0.3, 0.4) is 0 Å². The van der Waals surface area contributed by atoms with Crippen LogP contribution in [0.1, 0.15) is 38.8 Å². The lowest BCUT2D eigenvalue weighted by molar-refractivity contribution is 0.638. The Labute approximate surface area is 205 Å². The van der Waals surface area contributed by atoms with Crippen LogP contribution in [-0.4, -0.2) is 15.0 Å². The Hall–Kier alpha value is -3.79. The van der Waals surface area contributed by atoms with Crippen molar-refractivity contribution in [1.29, 1.82) is 0 Å². The maximum Gasteiger partial charge on any atom is 0.227 e. The van der Waals surface area contributed by atoms with Gasteiger partial charge in [-0.15, -0.1) is 0 Å². The molecule has 0 bridgehead atoms. The van der Waals surface area contributed by atoms with Crippen LogP contribution in [0.2, 0.25) is 0 Å². The maximum absolute atomic E-state index is 6.23. The van der Waals surface area contributed by atoms with E-state index in [1.54, 1.807) is 12.5 Å². The fourth-order valence-corrected chi connectivity index (χ4v) is 5.36. The normalized spacial score (nSPS) is 12.2. The van der Waals surface area contributed by atoms with Gasteiger partial charge in [0.1, 0.15) is 11.9 Å². The van der Waals surface area contributed by atoms with E-state index in [4.69, 9.17) is 14.4 Å². The van der Waals surface area contributed by atoms with Gasteiger partial charge >= 0.3 is 0 Å². The van der Waals surface area contributed by atoms with Crippen LogP contribution in [0.5, 0.6) is 0 Å². The summed E-state index contributed by atoms with van der Waals surface area (Å²) >= 11 is 0. The van der Waals surface area contributed by atoms with Crippen molar-refractivity contribution in [1.82, 2.24) is 15.0 Å². The van der Waals surface area contributed by atoms with Gasteiger partial charge in [-0.2, -0.15) is 0 Å². The standard InChI is InChI=1S/C31H29N3O/c1-18(2)13-20-15-21-10-11-25-28(33-17-34-29(25)27(21)22(16-20)14-19(3)4)26-8-5-7-23-24-9-6-12-32-31(24)35-30(23)26/h5-12,15-19H,13-14H2,1-4H3. The van der Waals surface area contributed by atoms with E-state index < -0.39 is 0 Å². The molecule has 0 unspecified atom stereocenters. The second-order valence-electron chi connectivity index (χ2n) is 10.4. The summed E-state index contributed by atoms with van der Waals surface area (Å²) in [6.45, 7) is 9.12. The molecule has 0 amide bonds. The van der Waals surface area contributed by atoms with Gasteiger partial charge in [-0.1, -0.05) is 58.0 Å². The third kappa shape index (κ3) is 3.74. The molecule has 6 aromatic rings. The van der Waals surface area contributed by atoms with E-state index in [0.29, 0.717) is 17.5 Å². The van der Waals surface area contributed by atoms with Gasteiger partial charge in [-0.25, -0.2) is 15.0 Å². The van der Waals surface area contributed by atoms with Crippen LogP contribution >= 0.6 is 0 Å². The molecule has 0 saturated carbocycles. The molecule has 0 saturated heterocycles. The molecule has 0 aliphatic heterocycles. The predicted molar refractivity (Wildman–Crippen MR) is 145 cm³/mol. The van der Waals surface area contributed by atoms with Crippen LogP contribution in [-0.2, 0) is 12.8 Å². The molecule has 0 aliphatic carbocycles. The van der Waals surface area contributed by atoms with E-state index in [9.17, 15) is 0 Å². The summed E-state index contributed by atoms with van der Waals surface area (Å²) in [6, 6.07) is 19.4. The number of furan rings is 1. The minimum atomic E-state index is 0.556. The van der Waals surface area contributed by atoms with Crippen LogP contribution in [0, 0.1) is 11.8 Å². The Kier molecular flexibility index (Phi) is 5.25. The highest BCUT2D eigenvalue weighted by Gasteiger charge is 2.18. The maximum atomic E-state index is 6.23. The highest BCUT2D eigenvalue weighted by Crippen LogP contribution is 2.38. The summed E-state index contributed by atoms with van der Waals surface area (Å²) < 4.78 is 6.23. The van der Waals surface area contributed by atoms with Crippen molar-refractivity contribution in [3.8, 4) is 11.3 Å². The molecule has 35 heavy (non-hydrogen) atoms.